The summed E-state index contributed by atoms with van der Waals surface area (Å²) in [5.41, 5.74) is 1.66. The van der Waals surface area contributed by atoms with Gasteiger partial charge in [0.15, 0.2) is 11.5 Å². The van der Waals surface area contributed by atoms with Crippen molar-refractivity contribution in [2.45, 2.75) is 6.04 Å². The monoisotopic (exact) mass is 424 g/mol. The molecule has 0 saturated carbocycles. The average Bonchev–Trinajstić information content (AvgIpc) is 3.48. The number of benzene rings is 1. The van der Waals surface area contributed by atoms with E-state index in [0.717, 1.165) is 11.4 Å². The van der Waals surface area contributed by atoms with Gasteiger partial charge in [-0.25, -0.2) is 4.68 Å². The second-order valence-electron chi connectivity index (χ2n) is 6.99. The molecule has 1 N–H and O–H groups in total. The Hall–Kier alpha value is -3.29. The summed E-state index contributed by atoms with van der Waals surface area (Å²) in [4.78, 5) is 14.9. The summed E-state index contributed by atoms with van der Waals surface area (Å²) >= 11 is 6.15. The number of rotatable bonds is 7. The van der Waals surface area contributed by atoms with E-state index < -0.39 is 0 Å². The van der Waals surface area contributed by atoms with Gasteiger partial charge in [0, 0.05) is 17.6 Å². The van der Waals surface area contributed by atoms with Gasteiger partial charge in [-0.05, 0) is 56.6 Å². The van der Waals surface area contributed by atoms with Crippen LogP contribution in [0.4, 0.5) is 0 Å². The van der Waals surface area contributed by atoms with Crippen LogP contribution in [0.5, 0.6) is 0 Å². The first-order valence-corrected chi connectivity index (χ1v) is 9.78. The van der Waals surface area contributed by atoms with E-state index in [-0.39, 0.29) is 17.6 Å². The molecule has 4 rings (SSSR count). The van der Waals surface area contributed by atoms with Gasteiger partial charge in [-0.2, -0.15) is 5.10 Å². The number of hydrogen-bond donors (Lipinski definition) is 1. The molecule has 0 aliphatic heterocycles. The van der Waals surface area contributed by atoms with Gasteiger partial charge in [-0.15, -0.1) is 0 Å². The van der Waals surface area contributed by atoms with Crippen LogP contribution in [0, 0.1) is 0 Å². The van der Waals surface area contributed by atoms with E-state index in [0.29, 0.717) is 23.0 Å². The molecule has 1 atom stereocenters. The van der Waals surface area contributed by atoms with Gasteiger partial charge in [0.05, 0.1) is 24.3 Å². The lowest BCUT2D eigenvalue weighted by Gasteiger charge is -2.22. The zero-order valence-corrected chi connectivity index (χ0v) is 17.3. The molecular formula is C22H21ClN4O3. The summed E-state index contributed by atoms with van der Waals surface area (Å²) in [5.74, 6) is 1.09. The van der Waals surface area contributed by atoms with E-state index >= 15 is 0 Å². The van der Waals surface area contributed by atoms with Crippen molar-refractivity contribution in [3.63, 3.8) is 0 Å². The number of halogens is 1. The largest absolute Gasteiger partial charge is 0.468 e. The van der Waals surface area contributed by atoms with Crippen LogP contribution in [-0.4, -0.2) is 41.2 Å². The molecule has 3 heterocycles. The normalized spacial score (nSPS) is 12.3. The van der Waals surface area contributed by atoms with E-state index in [1.807, 2.05) is 49.3 Å². The summed E-state index contributed by atoms with van der Waals surface area (Å²) in [6.07, 6.45) is 3.20. The molecule has 154 valence electrons. The standard InChI is InChI=1S/C22H21ClN4O3/c1-26(2)19(21-9-5-11-30-21)14-24-22(28)17-13-18(20-8-4-10-29-20)27(25-17)16-7-3-6-15(23)12-16/h3-13,19H,14H2,1-2H3,(H,24,28). The maximum Gasteiger partial charge on any atom is 0.271 e. The molecule has 1 amide bonds. The fourth-order valence-corrected chi connectivity index (χ4v) is 3.38. The number of carbonyl (C=O) groups excluding carboxylic acids is 1. The quantitative estimate of drug-likeness (QED) is 0.475. The molecule has 0 saturated heterocycles. The number of likely N-dealkylation sites (N-methyl/N-ethyl adjacent to an activating group) is 1. The maximum atomic E-state index is 12.9. The zero-order valence-electron chi connectivity index (χ0n) is 16.6. The second kappa shape index (κ2) is 8.61. The number of carbonyl (C=O) groups is 1. The SMILES string of the molecule is CN(C)C(CNC(=O)c1cc(-c2ccco2)n(-c2cccc(Cl)c2)n1)c1ccco1. The number of hydrogen-bond acceptors (Lipinski definition) is 5. The Morgan fingerprint density at radius 2 is 1.93 bits per heavy atom. The Morgan fingerprint density at radius 3 is 2.60 bits per heavy atom. The predicted molar refractivity (Wildman–Crippen MR) is 114 cm³/mol. The third kappa shape index (κ3) is 4.17. The van der Waals surface area contributed by atoms with Crippen LogP contribution in [0.3, 0.4) is 0 Å². The second-order valence-corrected chi connectivity index (χ2v) is 7.43. The van der Waals surface area contributed by atoms with E-state index in [2.05, 4.69) is 10.4 Å². The van der Waals surface area contributed by atoms with Crippen LogP contribution in [0.25, 0.3) is 17.1 Å². The fourth-order valence-electron chi connectivity index (χ4n) is 3.20. The van der Waals surface area contributed by atoms with Gasteiger partial charge in [-0.3, -0.25) is 9.69 Å². The molecule has 8 heteroatoms. The van der Waals surface area contributed by atoms with Crippen LogP contribution in [0.2, 0.25) is 5.02 Å². The van der Waals surface area contributed by atoms with Crippen molar-refractivity contribution >= 4 is 17.5 Å². The van der Waals surface area contributed by atoms with E-state index in [4.69, 9.17) is 20.4 Å². The van der Waals surface area contributed by atoms with Crippen molar-refractivity contribution in [3.05, 3.63) is 83.6 Å². The number of nitrogens with zero attached hydrogens (tertiary/aromatic N) is 3. The molecule has 30 heavy (non-hydrogen) atoms. The Balaban J connectivity index is 1.61. The zero-order chi connectivity index (χ0) is 21.1. The molecule has 0 fully saturated rings. The van der Waals surface area contributed by atoms with Gasteiger partial charge in [0.25, 0.3) is 5.91 Å². The van der Waals surface area contributed by atoms with Crippen LogP contribution < -0.4 is 5.32 Å². The molecule has 3 aromatic heterocycles. The highest BCUT2D eigenvalue weighted by atomic mass is 35.5. The summed E-state index contributed by atoms with van der Waals surface area (Å²) < 4.78 is 12.7. The molecular weight excluding hydrogens is 404 g/mol. The summed E-state index contributed by atoms with van der Waals surface area (Å²) in [6, 6.07) is 16.2. The number of furan rings is 2. The first-order chi connectivity index (χ1) is 14.5. The van der Waals surface area contributed by atoms with Gasteiger partial charge in [0.2, 0.25) is 0 Å². The lowest BCUT2D eigenvalue weighted by atomic mass is 10.2. The molecule has 1 aromatic carbocycles. The minimum Gasteiger partial charge on any atom is -0.468 e. The highest BCUT2D eigenvalue weighted by Gasteiger charge is 2.21. The molecule has 7 nitrogen and oxygen atoms in total. The first kappa shape index (κ1) is 20.0. The van der Waals surface area contributed by atoms with E-state index in [9.17, 15) is 4.79 Å². The molecule has 0 spiro atoms. The van der Waals surface area contributed by atoms with Crippen molar-refractivity contribution in [2.24, 2.45) is 0 Å². The Morgan fingerprint density at radius 1 is 1.13 bits per heavy atom. The van der Waals surface area contributed by atoms with Crippen molar-refractivity contribution in [1.29, 1.82) is 0 Å². The third-order valence-electron chi connectivity index (χ3n) is 4.72. The minimum atomic E-state index is -0.290. The molecule has 0 aliphatic carbocycles. The van der Waals surface area contributed by atoms with E-state index in [1.54, 1.807) is 41.5 Å². The third-order valence-corrected chi connectivity index (χ3v) is 4.95. The Kier molecular flexibility index (Phi) is 5.74. The van der Waals surface area contributed by atoms with Gasteiger partial charge >= 0.3 is 0 Å². The fraction of sp³-hybridized carbons (Fsp3) is 0.182. The average molecular weight is 425 g/mol. The highest BCUT2D eigenvalue weighted by Crippen LogP contribution is 2.26. The molecule has 4 aromatic rings. The number of aromatic nitrogens is 2. The summed E-state index contributed by atoms with van der Waals surface area (Å²) in [5, 5.41) is 8.03. The van der Waals surface area contributed by atoms with Crippen LogP contribution in [0.1, 0.15) is 22.3 Å². The minimum absolute atomic E-state index is 0.0940. The first-order valence-electron chi connectivity index (χ1n) is 9.41. The van der Waals surface area contributed by atoms with Crippen molar-refractivity contribution in [3.8, 4) is 17.1 Å². The summed E-state index contributed by atoms with van der Waals surface area (Å²) in [7, 11) is 3.87. The van der Waals surface area contributed by atoms with Gasteiger partial charge in [0.1, 0.15) is 11.5 Å². The Bertz CT molecular complexity index is 1120. The maximum absolute atomic E-state index is 12.9. The topological polar surface area (TPSA) is 76.4 Å². The summed E-state index contributed by atoms with van der Waals surface area (Å²) in [6.45, 7) is 0.374. The lowest BCUT2D eigenvalue weighted by Crippen LogP contribution is -2.34. The van der Waals surface area contributed by atoms with Gasteiger partial charge in [-0.1, -0.05) is 17.7 Å². The highest BCUT2D eigenvalue weighted by molar-refractivity contribution is 6.30. The lowest BCUT2D eigenvalue weighted by molar-refractivity contribution is 0.0933. The Labute approximate surface area is 178 Å². The van der Waals surface area contributed by atoms with Crippen LogP contribution in [-0.2, 0) is 0 Å². The molecule has 0 bridgehead atoms. The van der Waals surface area contributed by atoms with Crippen LogP contribution in [0.15, 0.2) is 76.0 Å². The van der Waals surface area contributed by atoms with Crippen LogP contribution >= 0.6 is 11.6 Å². The van der Waals surface area contributed by atoms with Crippen molar-refractivity contribution in [2.75, 3.05) is 20.6 Å². The molecule has 0 radical (unpaired) electrons. The van der Waals surface area contributed by atoms with Crippen molar-refractivity contribution in [1.82, 2.24) is 20.0 Å². The van der Waals surface area contributed by atoms with E-state index in [1.165, 1.54) is 0 Å². The molecule has 1 unspecified atom stereocenters. The smallest absolute Gasteiger partial charge is 0.271 e. The predicted octanol–water partition coefficient (Wildman–Crippen LogP) is 4.41. The van der Waals surface area contributed by atoms with Crippen molar-refractivity contribution < 1.29 is 13.6 Å². The van der Waals surface area contributed by atoms with Gasteiger partial charge < -0.3 is 14.2 Å². The number of amides is 1. The molecule has 0 aliphatic rings. The number of nitrogens with one attached hydrogen (secondary N) is 1.